The van der Waals surface area contributed by atoms with Crippen molar-refractivity contribution in [2.24, 2.45) is 11.7 Å². The van der Waals surface area contributed by atoms with Gasteiger partial charge in [-0.2, -0.15) is 0 Å². The molecule has 1 aromatic carbocycles. The van der Waals surface area contributed by atoms with Crippen molar-refractivity contribution in [1.82, 2.24) is 0 Å². The van der Waals surface area contributed by atoms with Crippen LogP contribution in [-0.2, 0) is 6.42 Å². The van der Waals surface area contributed by atoms with Crippen molar-refractivity contribution in [2.45, 2.75) is 51.5 Å². The normalized spacial score (nSPS) is 17.4. The molecule has 0 saturated heterocycles. The van der Waals surface area contributed by atoms with Gasteiger partial charge in [-0.15, -0.1) is 0 Å². The van der Waals surface area contributed by atoms with Gasteiger partial charge in [0.1, 0.15) is 0 Å². The molecule has 0 aliphatic heterocycles. The van der Waals surface area contributed by atoms with Crippen LogP contribution in [0.5, 0.6) is 0 Å². The first-order valence-corrected chi connectivity index (χ1v) is 8.23. The van der Waals surface area contributed by atoms with E-state index in [4.69, 9.17) is 17.3 Å². The highest BCUT2D eigenvalue weighted by Crippen LogP contribution is 2.29. The van der Waals surface area contributed by atoms with Crippen LogP contribution in [0, 0.1) is 5.92 Å². The van der Waals surface area contributed by atoms with Crippen molar-refractivity contribution < 1.29 is 0 Å². The Morgan fingerprint density at radius 3 is 2.65 bits per heavy atom. The van der Waals surface area contributed by atoms with E-state index in [9.17, 15) is 0 Å². The summed E-state index contributed by atoms with van der Waals surface area (Å²) in [5.41, 5.74) is 8.40. The van der Waals surface area contributed by atoms with Crippen LogP contribution in [0.3, 0.4) is 0 Å². The Bertz CT molecular complexity index is 427. The van der Waals surface area contributed by atoms with Gasteiger partial charge in [-0.3, -0.25) is 0 Å². The molecule has 1 aliphatic rings. The predicted molar refractivity (Wildman–Crippen MR) is 88.7 cm³/mol. The third-order valence-electron chi connectivity index (χ3n) is 4.49. The molecule has 1 aromatic rings. The van der Waals surface area contributed by atoms with Crippen molar-refractivity contribution in [1.29, 1.82) is 0 Å². The maximum atomic E-state index is 6.41. The van der Waals surface area contributed by atoms with Crippen LogP contribution in [0.4, 0.5) is 5.69 Å². The molecule has 0 spiro atoms. The number of nitrogens with two attached hydrogens (primary N) is 1. The standard InChI is InChI=1S/C17H27ClN2/c1-3-15(19)10-14-8-9-16(11-17(14)18)20(2)12-13-6-4-5-7-13/h8-9,11,13,15H,3-7,10,12,19H2,1-2H3. The summed E-state index contributed by atoms with van der Waals surface area (Å²) in [6, 6.07) is 6.61. The van der Waals surface area contributed by atoms with E-state index in [1.54, 1.807) is 0 Å². The Morgan fingerprint density at radius 1 is 1.35 bits per heavy atom. The molecular weight excluding hydrogens is 268 g/mol. The fourth-order valence-corrected chi connectivity index (χ4v) is 3.30. The minimum absolute atomic E-state index is 0.203. The first kappa shape index (κ1) is 15.7. The van der Waals surface area contributed by atoms with E-state index in [2.05, 4.69) is 37.1 Å². The van der Waals surface area contributed by atoms with E-state index in [1.807, 2.05) is 0 Å². The van der Waals surface area contributed by atoms with Gasteiger partial charge in [-0.1, -0.05) is 37.4 Å². The summed E-state index contributed by atoms with van der Waals surface area (Å²) < 4.78 is 0. The molecular formula is C17H27ClN2. The molecule has 2 rings (SSSR count). The quantitative estimate of drug-likeness (QED) is 0.850. The average molecular weight is 295 g/mol. The lowest BCUT2D eigenvalue weighted by atomic mass is 10.0. The van der Waals surface area contributed by atoms with E-state index >= 15 is 0 Å². The van der Waals surface area contributed by atoms with Gasteiger partial charge in [0.15, 0.2) is 0 Å². The Morgan fingerprint density at radius 2 is 2.05 bits per heavy atom. The first-order valence-electron chi connectivity index (χ1n) is 7.85. The van der Waals surface area contributed by atoms with Gasteiger partial charge in [0, 0.05) is 30.3 Å². The monoisotopic (exact) mass is 294 g/mol. The summed E-state index contributed by atoms with van der Waals surface area (Å²) >= 11 is 6.41. The zero-order chi connectivity index (χ0) is 14.5. The summed E-state index contributed by atoms with van der Waals surface area (Å²) in [5.74, 6) is 0.854. The number of rotatable bonds is 6. The van der Waals surface area contributed by atoms with Crippen LogP contribution in [0.25, 0.3) is 0 Å². The molecule has 0 aromatic heterocycles. The molecule has 112 valence electrons. The minimum Gasteiger partial charge on any atom is -0.374 e. The number of hydrogen-bond acceptors (Lipinski definition) is 2. The predicted octanol–water partition coefficient (Wildman–Crippen LogP) is 4.25. The van der Waals surface area contributed by atoms with E-state index in [0.29, 0.717) is 0 Å². The lowest BCUT2D eigenvalue weighted by Crippen LogP contribution is -2.24. The summed E-state index contributed by atoms with van der Waals surface area (Å²) in [6.07, 6.45) is 7.39. The summed E-state index contributed by atoms with van der Waals surface area (Å²) in [6.45, 7) is 3.26. The van der Waals surface area contributed by atoms with Crippen LogP contribution in [0.15, 0.2) is 18.2 Å². The molecule has 0 heterocycles. The second-order valence-electron chi connectivity index (χ2n) is 6.18. The maximum Gasteiger partial charge on any atom is 0.0459 e. The SMILES string of the molecule is CCC(N)Cc1ccc(N(C)CC2CCCC2)cc1Cl. The molecule has 1 unspecified atom stereocenters. The second-order valence-corrected chi connectivity index (χ2v) is 6.59. The Labute approximate surface area is 128 Å². The average Bonchev–Trinajstić information content (AvgIpc) is 2.93. The number of anilines is 1. The molecule has 0 amide bonds. The van der Waals surface area contributed by atoms with E-state index in [-0.39, 0.29) is 6.04 Å². The Balaban J connectivity index is 1.99. The Hall–Kier alpha value is -0.730. The highest BCUT2D eigenvalue weighted by Gasteiger charge is 2.17. The number of benzene rings is 1. The summed E-state index contributed by atoms with van der Waals surface area (Å²) in [5, 5.41) is 0.852. The van der Waals surface area contributed by atoms with Gasteiger partial charge < -0.3 is 10.6 Å². The number of nitrogens with zero attached hydrogens (tertiary/aromatic N) is 1. The third-order valence-corrected chi connectivity index (χ3v) is 4.84. The minimum atomic E-state index is 0.203. The largest absolute Gasteiger partial charge is 0.374 e. The van der Waals surface area contributed by atoms with Crippen molar-refractivity contribution in [3.63, 3.8) is 0 Å². The van der Waals surface area contributed by atoms with Crippen LogP contribution in [0.1, 0.15) is 44.6 Å². The summed E-state index contributed by atoms with van der Waals surface area (Å²) in [7, 11) is 2.17. The highest BCUT2D eigenvalue weighted by atomic mass is 35.5. The van der Waals surface area contributed by atoms with Crippen molar-refractivity contribution in [3.8, 4) is 0 Å². The fraction of sp³-hybridized carbons (Fsp3) is 0.647. The van der Waals surface area contributed by atoms with Crippen LogP contribution in [0.2, 0.25) is 5.02 Å². The van der Waals surface area contributed by atoms with E-state index in [0.717, 1.165) is 30.3 Å². The number of hydrogen-bond donors (Lipinski definition) is 1. The van der Waals surface area contributed by atoms with Gasteiger partial charge in [-0.25, -0.2) is 0 Å². The van der Waals surface area contributed by atoms with Crippen molar-refractivity contribution in [2.75, 3.05) is 18.5 Å². The topological polar surface area (TPSA) is 29.3 Å². The van der Waals surface area contributed by atoms with Crippen LogP contribution < -0.4 is 10.6 Å². The molecule has 2 N–H and O–H groups in total. The molecule has 1 aliphatic carbocycles. The van der Waals surface area contributed by atoms with E-state index in [1.165, 1.54) is 36.9 Å². The van der Waals surface area contributed by atoms with Gasteiger partial charge in [0.05, 0.1) is 0 Å². The third kappa shape index (κ3) is 4.13. The molecule has 1 saturated carbocycles. The van der Waals surface area contributed by atoms with Gasteiger partial charge in [-0.05, 0) is 49.3 Å². The lowest BCUT2D eigenvalue weighted by molar-refractivity contribution is 0.547. The molecule has 3 heteroatoms. The molecule has 1 fully saturated rings. The molecule has 20 heavy (non-hydrogen) atoms. The van der Waals surface area contributed by atoms with Gasteiger partial charge >= 0.3 is 0 Å². The zero-order valence-electron chi connectivity index (χ0n) is 12.7. The van der Waals surface area contributed by atoms with E-state index < -0.39 is 0 Å². The Kier molecular flexibility index (Phi) is 5.74. The molecule has 1 atom stereocenters. The van der Waals surface area contributed by atoms with Crippen molar-refractivity contribution in [3.05, 3.63) is 28.8 Å². The molecule has 0 radical (unpaired) electrons. The highest BCUT2D eigenvalue weighted by molar-refractivity contribution is 6.31. The fourth-order valence-electron chi connectivity index (χ4n) is 3.05. The van der Waals surface area contributed by atoms with Crippen LogP contribution >= 0.6 is 11.6 Å². The lowest BCUT2D eigenvalue weighted by Gasteiger charge is -2.24. The number of halogens is 1. The molecule has 0 bridgehead atoms. The zero-order valence-corrected chi connectivity index (χ0v) is 13.5. The molecule has 2 nitrogen and oxygen atoms in total. The maximum absolute atomic E-state index is 6.41. The second kappa shape index (κ2) is 7.33. The smallest absolute Gasteiger partial charge is 0.0459 e. The van der Waals surface area contributed by atoms with Crippen LogP contribution in [-0.4, -0.2) is 19.6 Å². The first-order chi connectivity index (χ1) is 9.60. The summed E-state index contributed by atoms with van der Waals surface area (Å²) in [4.78, 5) is 2.34. The van der Waals surface area contributed by atoms with Crippen molar-refractivity contribution >= 4 is 17.3 Å². The van der Waals surface area contributed by atoms with Gasteiger partial charge in [0.25, 0.3) is 0 Å². The van der Waals surface area contributed by atoms with Gasteiger partial charge in [0.2, 0.25) is 0 Å².